The van der Waals surface area contributed by atoms with Crippen LogP contribution in [-0.2, 0) is 37.9 Å². The lowest BCUT2D eigenvalue weighted by molar-refractivity contribution is 0.332. The zero-order valence-electron chi connectivity index (χ0n) is 49.0. The molecule has 0 saturated carbocycles. The molecule has 7 aromatic carbocycles. The van der Waals surface area contributed by atoms with E-state index in [1.165, 1.54) is 170 Å². The topological polar surface area (TPSA) is 6.48 Å². The van der Waals surface area contributed by atoms with Gasteiger partial charge in [0, 0.05) is 43.9 Å². The summed E-state index contributed by atoms with van der Waals surface area (Å²) in [4.78, 5) is 5.55. The van der Waals surface area contributed by atoms with Crippen LogP contribution in [0.2, 0.25) is 0 Å². The predicted molar refractivity (Wildman–Crippen MR) is 333 cm³/mol. The van der Waals surface area contributed by atoms with Gasteiger partial charge in [-0.1, -0.05) is 171 Å². The van der Waals surface area contributed by atoms with E-state index in [0.717, 1.165) is 0 Å². The minimum atomic E-state index is 0.000571. The second kappa shape index (κ2) is 16.0. The first kappa shape index (κ1) is 50.0. The van der Waals surface area contributed by atoms with E-state index in [-0.39, 0.29) is 44.6 Å². The first-order chi connectivity index (χ1) is 35.6. The van der Waals surface area contributed by atoms with Gasteiger partial charge in [0.25, 0.3) is 6.71 Å². The van der Waals surface area contributed by atoms with Crippen LogP contribution in [0.4, 0.5) is 34.1 Å². The number of benzene rings is 7. The minimum Gasteiger partial charge on any atom is -0.311 e. The highest BCUT2D eigenvalue weighted by molar-refractivity contribution is 7.26. The monoisotopic (exact) mass is 1020 g/mol. The van der Waals surface area contributed by atoms with Gasteiger partial charge in [-0.15, -0.1) is 11.3 Å². The second-order valence-electron chi connectivity index (χ2n) is 29.5. The Balaban J connectivity index is 1.21. The summed E-state index contributed by atoms with van der Waals surface area (Å²) in [6.45, 7) is 41.7. The van der Waals surface area contributed by atoms with Crippen LogP contribution in [0.5, 0.6) is 0 Å². The molecule has 1 aromatic heterocycles. The Kier molecular flexibility index (Phi) is 10.5. The molecule has 8 aromatic rings. The largest absolute Gasteiger partial charge is 0.311 e. The fraction of sp³-hybridized carbons (Fsp3) is 0.417. The first-order valence-corrected chi connectivity index (χ1v) is 29.7. The fourth-order valence-corrected chi connectivity index (χ4v) is 16.4. The molecule has 0 spiro atoms. The van der Waals surface area contributed by atoms with E-state index < -0.39 is 0 Å². The number of anilines is 6. The van der Waals surface area contributed by atoms with E-state index in [4.69, 9.17) is 0 Å². The molecule has 0 N–H and O–H groups in total. The molecule has 2 nitrogen and oxygen atoms in total. The zero-order chi connectivity index (χ0) is 53.8. The molecule has 0 fully saturated rings. The lowest BCUT2D eigenvalue weighted by Gasteiger charge is -2.48. The van der Waals surface area contributed by atoms with Crippen LogP contribution in [0, 0.1) is 13.8 Å². The van der Waals surface area contributed by atoms with Gasteiger partial charge in [0.15, 0.2) is 0 Å². The molecule has 76 heavy (non-hydrogen) atoms. The van der Waals surface area contributed by atoms with Crippen LogP contribution >= 0.6 is 11.3 Å². The maximum Gasteiger partial charge on any atom is 0.252 e. The summed E-state index contributed by atoms with van der Waals surface area (Å²) in [7, 11) is 0. The molecule has 388 valence electrons. The Bertz CT molecular complexity index is 3810. The molecule has 0 bridgehead atoms. The summed E-state index contributed by atoms with van der Waals surface area (Å²) in [5, 5.41) is 2.71. The van der Waals surface area contributed by atoms with Gasteiger partial charge >= 0.3 is 0 Å². The van der Waals surface area contributed by atoms with Crippen molar-refractivity contribution in [2.45, 2.75) is 194 Å². The number of hydrogen-bond donors (Lipinski definition) is 0. The van der Waals surface area contributed by atoms with E-state index in [2.05, 4.69) is 237 Å². The van der Waals surface area contributed by atoms with Crippen molar-refractivity contribution in [3.63, 3.8) is 0 Å². The molecule has 0 radical (unpaired) electrons. The van der Waals surface area contributed by atoms with Crippen LogP contribution in [0.1, 0.15) is 192 Å². The average Bonchev–Trinajstić information content (AvgIpc) is 3.79. The smallest absolute Gasteiger partial charge is 0.252 e. The third-order valence-corrected chi connectivity index (χ3v) is 21.6. The summed E-state index contributed by atoms with van der Waals surface area (Å²) in [5.74, 6) is 0. The Morgan fingerprint density at radius 1 is 0.447 bits per heavy atom. The molecule has 4 heteroatoms. The fourth-order valence-electron chi connectivity index (χ4n) is 15.1. The number of fused-ring (bicyclic) bond motifs is 11. The van der Waals surface area contributed by atoms with Crippen LogP contribution in [-0.4, -0.2) is 6.71 Å². The Morgan fingerprint density at radius 2 is 0.974 bits per heavy atom. The van der Waals surface area contributed by atoms with Crippen LogP contribution in [0.15, 0.2) is 109 Å². The second-order valence-corrected chi connectivity index (χ2v) is 30.5. The SMILES string of the molecule is Cc1ccccc1-c1cc2c3c(c1)N(c1cc4c(cc1C)C(C)(C)CCC4(C)C)c1c(ccc4c1sc1cc(C(C)(C)C)ccc14)B3c1cc3c(cc1N2c1ccc2c(c1)C(C)(C)CCC2(C)C)C(C)(C)CCC3(C)C. The van der Waals surface area contributed by atoms with E-state index in [1.54, 1.807) is 0 Å². The molecule has 13 rings (SSSR count). The van der Waals surface area contributed by atoms with Gasteiger partial charge in [-0.25, -0.2) is 0 Å². The van der Waals surface area contributed by atoms with Gasteiger partial charge in [-0.2, -0.15) is 0 Å². The van der Waals surface area contributed by atoms with Crippen molar-refractivity contribution in [2.24, 2.45) is 0 Å². The molecule has 0 unspecified atom stereocenters. The van der Waals surface area contributed by atoms with Crippen molar-refractivity contribution in [2.75, 3.05) is 9.80 Å². The molecule has 2 aliphatic heterocycles. The molecular formula is C72H81BN2S. The highest BCUT2D eigenvalue weighted by Gasteiger charge is 2.49. The molecule has 3 aliphatic carbocycles. The highest BCUT2D eigenvalue weighted by Crippen LogP contribution is 2.56. The Morgan fingerprint density at radius 3 is 1.58 bits per heavy atom. The van der Waals surface area contributed by atoms with Crippen molar-refractivity contribution in [1.82, 2.24) is 0 Å². The third kappa shape index (κ3) is 7.23. The van der Waals surface area contributed by atoms with Crippen molar-refractivity contribution >= 4 is 88.7 Å². The van der Waals surface area contributed by atoms with Crippen molar-refractivity contribution < 1.29 is 0 Å². The highest BCUT2D eigenvalue weighted by atomic mass is 32.1. The predicted octanol–water partition coefficient (Wildman–Crippen LogP) is 18.8. The average molecular weight is 1020 g/mol. The Hall–Kier alpha value is -5.58. The minimum absolute atomic E-state index is 0.000571. The lowest BCUT2D eigenvalue weighted by Crippen LogP contribution is -2.62. The molecule has 3 heterocycles. The molecule has 0 amide bonds. The molecule has 0 saturated heterocycles. The first-order valence-electron chi connectivity index (χ1n) is 28.9. The van der Waals surface area contributed by atoms with Crippen LogP contribution in [0.25, 0.3) is 31.3 Å². The number of nitrogens with zero attached hydrogens (tertiary/aromatic N) is 2. The van der Waals surface area contributed by atoms with E-state index >= 15 is 0 Å². The van der Waals surface area contributed by atoms with Gasteiger partial charge in [-0.3, -0.25) is 0 Å². The van der Waals surface area contributed by atoms with E-state index in [9.17, 15) is 0 Å². The summed E-state index contributed by atoms with van der Waals surface area (Å²) in [6, 6.07) is 45.0. The van der Waals surface area contributed by atoms with E-state index in [0.29, 0.717) is 0 Å². The number of hydrogen-bond acceptors (Lipinski definition) is 3. The standard InChI is InChI=1S/C72H81BN2S/c1-42-20-18-19-21-47(42)44-35-60-63-61(36-44)75(58-40-54-51(34-43(58)2)68(8,9)30-32-71(54,14)15)64-56(27-25-49-48-24-22-45(66(3,4)5)37-62(48)76-65(49)64)73(63)57-39-53-55(72(16,17)33-31-70(53,12)13)41-59(57)74(60)46-23-26-50-52(38-46)69(10,11)29-28-67(50,6)7/h18-27,34-41H,28-33H2,1-17H3. The summed E-state index contributed by atoms with van der Waals surface area (Å²) in [6.07, 6.45) is 7.07. The van der Waals surface area contributed by atoms with Gasteiger partial charge in [-0.05, 0) is 210 Å². The number of aryl methyl sites for hydroxylation is 2. The normalized spacial score (nSPS) is 19.9. The zero-order valence-corrected chi connectivity index (χ0v) is 49.8. The third-order valence-electron chi connectivity index (χ3n) is 20.5. The molecular weight excluding hydrogens is 936 g/mol. The van der Waals surface area contributed by atoms with Gasteiger partial charge < -0.3 is 9.80 Å². The van der Waals surface area contributed by atoms with Crippen molar-refractivity contribution in [3.05, 3.63) is 159 Å². The summed E-state index contributed by atoms with van der Waals surface area (Å²) in [5.41, 5.74) is 28.1. The lowest BCUT2D eigenvalue weighted by atomic mass is 9.33. The van der Waals surface area contributed by atoms with Gasteiger partial charge in [0.05, 0.1) is 10.4 Å². The maximum absolute atomic E-state index is 2.80. The van der Waals surface area contributed by atoms with Crippen molar-refractivity contribution in [1.29, 1.82) is 0 Å². The van der Waals surface area contributed by atoms with Crippen LogP contribution in [0.3, 0.4) is 0 Å². The maximum atomic E-state index is 2.80. The van der Waals surface area contributed by atoms with Gasteiger partial charge in [0.1, 0.15) is 0 Å². The van der Waals surface area contributed by atoms with Crippen molar-refractivity contribution in [3.8, 4) is 11.1 Å². The number of thiophene rings is 1. The Labute approximate surface area is 460 Å². The molecule has 5 aliphatic rings. The van der Waals surface area contributed by atoms with Crippen LogP contribution < -0.4 is 26.2 Å². The van der Waals surface area contributed by atoms with Gasteiger partial charge in [0.2, 0.25) is 0 Å². The number of rotatable bonds is 3. The molecule has 0 atom stereocenters. The quantitative estimate of drug-likeness (QED) is 0.163. The van der Waals surface area contributed by atoms with E-state index in [1.807, 2.05) is 11.3 Å². The summed E-state index contributed by atoms with van der Waals surface area (Å²) >= 11 is 2.01. The summed E-state index contributed by atoms with van der Waals surface area (Å²) < 4.78 is 2.75.